The molecule has 0 aromatic heterocycles. The maximum atomic E-state index is 12.9. The van der Waals surface area contributed by atoms with Crippen LogP contribution in [0.3, 0.4) is 0 Å². The largest absolute Gasteiger partial charge is 0.508 e. The Bertz CT molecular complexity index is 655. The van der Waals surface area contributed by atoms with Gasteiger partial charge in [-0.1, -0.05) is 31.8 Å². The highest BCUT2D eigenvalue weighted by Gasteiger charge is 2.65. The number of hydrogen-bond donors (Lipinski definition) is 1. The van der Waals surface area contributed by atoms with Crippen LogP contribution in [0.2, 0.25) is 25.7 Å². The number of hydroxylamine groups is 2. The number of phenolic OH excluding ortho intramolecular Hbond substituents is 1. The van der Waals surface area contributed by atoms with Gasteiger partial charge in [0, 0.05) is 14.6 Å². The van der Waals surface area contributed by atoms with E-state index in [1.165, 1.54) is 19.3 Å². The van der Waals surface area contributed by atoms with Crippen molar-refractivity contribution >= 4 is 20.0 Å². The molecular weight excluding hydrogens is 350 g/mol. The molecule has 0 radical (unpaired) electrons. The zero-order valence-corrected chi connectivity index (χ0v) is 17.2. The fraction of sp³-hybridized carbons (Fsp3) is 0.579. The summed E-state index contributed by atoms with van der Waals surface area (Å²) in [6.07, 6.45) is 0.855. The normalized spacial score (nSPS) is 22.0. The summed E-state index contributed by atoms with van der Waals surface area (Å²) in [5, 5.41) is 10.8. The van der Waals surface area contributed by atoms with Crippen LogP contribution in [-0.4, -0.2) is 50.9 Å². The first-order valence-corrected chi connectivity index (χ1v) is 12.6. The Balaban J connectivity index is 2.13. The van der Waals surface area contributed by atoms with Crippen molar-refractivity contribution in [2.75, 3.05) is 20.8 Å². The summed E-state index contributed by atoms with van der Waals surface area (Å²) >= 11 is 0. The second-order valence-electron chi connectivity index (χ2n) is 8.18. The SMILES string of the molecule is COC(=O)[C@@]1(Cc2ccc(O)cc2)CC1C(=O)N(CC[Si](C)(C)C)OC. The van der Waals surface area contributed by atoms with Gasteiger partial charge in [-0.25, -0.2) is 5.06 Å². The lowest BCUT2D eigenvalue weighted by molar-refractivity contribution is -0.178. The van der Waals surface area contributed by atoms with Crippen molar-refractivity contribution < 1.29 is 24.3 Å². The Hall–Kier alpha value is -1.86. The minimum absolute atomic E-state index is 0.157. The topological polar surface area (TPSA) is 76.1 Å². The Morgan fingerprint density at radius 1 is 1.23 bits per heavy atom. The van der Waals surface area contributed by atoms with Gasteiger partial charge in [-0.3, -0.25) is 14.4 Å². The second-order valence-corrected chi connectivity index (χ2v) is 13.8. The van der Waals surface area contributed by atoms with Crippen molar-refractivity contribution in [2.24, 2.45) is 11.3 Å². The van der Waals surface area contributed by atoms with Gasteiger partial charge in [-0.2, -0.15) is 0 Å². The molecule has 0 heterocycles. The molecule has 1 N–H and O–H groups in total. The highest BCUT2D eigenvalue weighted by molar-refractivity contribution is 6.76. The Morgan fingerprint density at radius 3 is 2.35 bits per heavy atom. The summed E-state index contributed by atoms with van der Waals surface area (Å²) in [5.41, 5.74) is 0.0354. The molecule has 144 valence electrons. The van der Waals surface area contributed by atoms with Crippen LogP contribution in [0.15, 0.2) is 24.3 Å². The van der Waals surface area contributed by atoms with Crippen LogP contribution < -0.4 is 0 Å². The van der Waals surface area contributed by atoms with Crippen LogP contribution in [0.4, 0.5) is 0 Å². The van der Waals surface area contributed by atoms with Crippen LogP contribution in [0.5, 0.6) is 5.75 Å². The standard InChI is InChI=1S/C19H29NO5Si/c1-24-18(23)19(12-14-6-8-15(21)9-7-14)13-16(19)17(22)20(25-2)10-11-26(3,4)5/h6-9,16,21H,10-13H2,1-5H3/t16?,19-/m0/s1. The zero-order valence-electron chi connectivity index (χ0n) is 16.2. The first kappa shape index (κ1) is 20.4. The third-order valence-electron chi connectivity index (χ3n) is 4.95. The molecule has 0 aliphatic heterocycles. The summed E-state index contributed by atoms with van der Waals surface area (Å²) in [6, 6.07) is 7.62. The molecule has 1 aliphatic carbocycles. The number of phenols is 1. The molecule has 0 saturated heterocycles. The van der Waals surface area contributed by atoms with E-state index >= 15 is 0 Å². The van der Waals surface area contributed by atoms with Gasteiger partial charge in [0.05, 0.1) is 25.6 Å². The number of rotatable bonds is 8. The Kier molecular flexibility index (Phi) is 6.13. The summed E-state index contributed by atoms with van der Waals surface area (Å²) in [5.74, 6) is -0.799. The van der Waals surface area contributed by atoms with E-state index in [-0.39, 0.29) is 17.6 Å². The molecule has 6 nitrogen and oxygen atoms in total. The third-order valence-corrected chi connectivity index (χ3v) is 6.68. The fourth-order valence-electron chi connectivity index (χ4n) is 3.21. The monoisotopic (exact) mass is 379 g/mol. The Morgan fingerprint density at radius 2 is 1.85 bits per heavy atom. The first-order valence-electron chi connectivity index (χ1n) is 8.85. The quantitative estimate of drug-likeness (QED) is 0.427. The molecule has 0 bridgehead atoms. The van der Waals surface area contributed by atoms with Crippen LogP contribution in [0.1, 0.15) is 12.0 Å². The first-order chi connectivity index (χ1) is 12.1. The third kappa shape index (κ3) is 4.65. The van der Waals surface area contributed by atoms with Gasteiger partial charge < -0.3 is 9.84 Å². The van der Waals surface area contributed by atoms with Gasteiger partial charge in [0.25, 0.3) is 0 Å². The predicted octanol–water partition coefficient (Wildman–Crippen LogP) is 2.84. The molecule has 1 saturated carbocycles. The van der Waals surface area contributed by atoms with Gasteiger partial charge in [-0.05, 0) is 36.6 Å². The number of nitrogens with zero attached hydrogens (tertiary/aromatic N) is 1. The maximum absolute atomic E-state index is 12.9. The number of esters is 1. The van der Waals surface area contributed by atoms with E-state index in [9.17, 15) is 14.7 Å². The number of methoxy groups -OCH3 is 1. The van der Waals surface area contributed by atoms with Crippen molar-refractivity contribution in [3.05, 3.63) is 29.8 Å². The predicted molar refractivity (Wildman–Crippen MR) is 101 cm³/mol. The molecule has 1 aromatic rings. The highest BCUT2D eigenvalue weighted by Crippen LogP contribution is 2.56. The Labute approximate surface area is 156 Å². The minimum atomic E-state index is -1.32. The molecule has 1 aromatic carbocycles. The van der Waals surface area contributed by atoms with E-state index < -0.39 is 19.4 Å². The summed E-state index contributed by atoms with van der Waals surface area (Å²) in [6.45, 7) is 7.27. The highest BCUT2D eigenvalue weighted by atomic mass is 28.3. The smallest absolute Gasteiger partial charge is 0.312 e. The number of carbonyl (C=O) groups excluding carboxylic acids is 2. The van der Waals surface area contributed by atoms with E-state index in [0.29, 0.717) is 19.4 Å². The van der Waals surface area contributed by atoms with Crippen LogP contribution >= 0.6 is 0 Å². The lowest BCUT2D eigenvalue weighted by atomic mass is 9.93. The molecular formula is C19H29NO5Si. The van der Waals surface area contributed by atoms with E-state index in [1.807, 2.05) is 0 Å². The van der Waals surface area contributed by atoms with Crippen molar-refractivity contribution in [2.45, 2.75) is 38.5 Å². The molecule has 7 heteroatoms. The average molecular weight is 380 g/mol. The van der Waals surface area contributed by atoms with E-state index in [0.717, 1.165) is 11.6 Å². The molecule has 1 aliphatic rings. The number of carbonyl (C=O) groups is 2. The number of aromatic hydroxyl groups is 1. The van der Waals surface area contributed by atoms with Gasteiger partial charge in [0.15, 0.2) is 0 Å². The van der Waals surface area contributed by atoms with Crippen LogP contribution in [-0.2, 0) is 25.6 Å². The van der Waals surface area contributed by atoms with Crippen LogP contribution in [0, 0.1) is 11.3 Å². The van der Waals surface area contributed by atoms with E-state index in [1.54, 1.807) is 24.3 Å². The van der Waals surface area contributed by atoms with E-state index in [2.05, 4.69) is 19.6 Å². The molecule has 2 atom stereocenters. The van der Waals surface area contributed by atoms with Crippen LogP contribution in [0.25, 0.3) is 0 Å². The molecule has 1 fully saturated rings. The summed E-state index contributed by atoms with van der Waals surface area (Å²) in [7, 11) is 1.52. The molecule has 2 rings (SSSR count). The minimum Gasteiger partial charge on any atom is -0.508 e. The fourth-order valence-corrected chi connectivity index (χ4v) is 4.08. The summed E-state index contributed by atoms with van der Waals surface area (Å²) in [4.78, 5) is 30.6. The van der Waals surface area contributed by atoms with Gasteiger partial charge >= 0.3 is 5.97 Å². The molecule has 1 unspecified atom stereocenters. The van der Waals surface area contributed by atoms with Crippen molar-refractivity contribution in [3.63, 3.8) is 0 Å². The number of hydrogen-bond acceptors (Lipinski definition) is 5. The second kappa shape index (κ2) is 7.80. The lowest BCUT2D eigenvalue weighted by Gasteiger charge is -2.25. The van der Waals surface area contributed by atoms with Crippen molar-refractivity contribution in [3.8, 4) is 5.75 Å². The van der Waals surface area contributed by atoms with Gasteiger partial charge in [-0.15, -0.1) is 0 Å². The summed E-state index contributed by atoms with van der Waals surface area (Å²) < 4.78 is 4.99. The van der Waals surface area contributed by atoms with Crippen molar-refractivity contribution in [1.29, 1.82) is 0 Å². The molecule has 26 heavy (non-hydrogen) atoms. The number of ether oxygens (including phenoxy) is 1. The number of amides is 1. The lowest BCUT2D eigenvalue weighted by Crippen LogP contribution is -2.38. The van der Waals surface area contributed by atoms with Gasteiger partial charge in [0.2, 0.25) is 5.91 Å². The maximum Gasteiger partial charge on any atom is 0.312 e. The van der Waals surface area contributed by atoms with Crippen molar-refractivity contribution in [1.82, 2.24) is 5.06 Å². The number of benzene rings is 1. The zero-order chi connectivity index (χ0) is 19.5. The molecule has 1 amide bonds. The van der Waals surface area contributed by atoms with Gasteiger partial charge in [0.1, 0.15) is 5.75 Å². The van der Waals surface area contributed by atoms with E-state index in [4.69, 9.17) is 9.57 Å². The molecule has 0 spiro atoms. The average Bonchev–Trinajstić information content (AvgIpc) is 3.31.